The van der Waals surface area contributed by atoms with Crippen LogP contribution in [0.5, 0.6) is 0 Å². The maximum Gasteiger partial charge on any atom is 0.252 e. The van der Waals surface area contributed by atoms with Crippen LogP contribution < -0.4 is 10.2 Å². The molecule has 5 nitrogen and oxygen atoms in total. The van der Waals surface area contributed by atoms with Gasteiger partial charge >= 0.3 is 0 Å². The highest BCUT2D eigenvalue weighted by Gasteiger charge is 2.17. The smallest absolute Gasteiger partial charge is 0.252 e. The first-order valence-corrected chi connectivity index (χ1v) is 7.69. The van der Waals surface area contributed by atoms with Crippen LogP contribution in [0.25, 0.3) is 0 Å². The number of piperidine rings is 1. The first kappa shape index (κ1) is 15.8. The number of anilines is 1. The van der Waals surface area contributed by atoms with Gasteiger partial charge in [-0.1, -0.05) is 6.92 Å². The number of hydrogen-bond acceptors (Lipinski definition) is 4. The first-order chi connectivity index (χ1) is 10.1. The number of nitrogens with one attached hydrogen (secondary N) is 1. The monoisotopic (exact) mass is 290 g/mol. The lowest BCUT2D eigenvalue weighted by molar-refractivity contribution is 0.0950. The second-order valence-corrected chi connectivity index (χ2v) is 6.16. The summed E-state index contributed by atoms with van der Waals surface area (Å²) in [4.78, 5) is 20.7. The Morgan fingerprint density at radius 2 is 2.10 bits per heavy atom. The fourth-order valence-electron chi connectivity index (χ4n) is 2.49. The Labute approximate surface area is 127 Å². The van der Waals surface area contributed by atoms with Gasteiger partial charge < -0.3 is 15.1 Å². The van der Waals surface area contributed by atoms with Crippen molar-refractivity contribution >= 4 is 11.6 Å². The summed E-state index contributed by atoms with van der Waals surface area (Å²) < 4.78 is 0. The Kier molecular flexibility index (Phi) is 5.56. The molecule has 5 heteroatoms. The molecular formula is C16H26N4O. The highest BCUT2D eigenvalue weighted by Crippen LogP contribution is 2.22. The van der Waals surface area contributed by atoms with E-state index in [0.717, 1.165) is 31.2 Å². The predicted molar refractivity (Wildman–Crippen MR) is 85.7 cm³/mol. The molecule has 0 saturated carbocycles. The largest absolute Gasteiger partial charge is 0.370 e. The number of aromatic nitrogens is 1. The molecule has 0 aromatic carbocycles. The zero-order valence-corrected chi connectivity index (χ0v) is 13.3. The van der Waals surface area contributed by atoms with Crippen LogP contribution in [-0.4, -0.2) is 56.1 Å². The Balaban J connectivity index is 1.95. The molecule has 0 unspecified atom stereocenters. The third kappa shape index (κ3) is 4.70. The molecule has 0 radical (unpaired) electrons. The molecule has 0 spiro atoms. The lowest BCUT2D eigenvalue weighted by atomic mass is 9.99. The standard InChI is InChI=1S/C16H26N4O/c1-13-4-7-20(8-5-13)15-10-14(11-17-12-15)16(21)18-6-9-19(2)3/h10-13H,4-9H2,1-3H3,(H,18,21). The van der Waals surface area contributed by atoms with Gasteiger partial charge in [0.1, 0.15) is 0 Å². The Hall–Kier alpha value is -1.62. The number of rotatable bonds is 5. The molecule has 1 aromatic rings. The fraction of sp³-hybridized carbons (Fsp3) is 0.625. The molecule has 2 rings (SSSR count). The highest BCUT2D eigenvalue weighted by atomic mass is 16.1. The Bertz CT molecular complexity index is 467. The molecule has 1 aromatic heterocycles. The van der Waals surface area contributed by atoms with E-state index in [1.165, 1.54) is 12.8 Å². The molecule has 2 heterocycles. The van der Waals surface area contributed by atoms with Gasteiger partial charge in [0.15, 0.2) is 0 Å². The third-order valence-electron chi connectivity index (χ3n) is 3.98. The number of carbonyl (C=O) groups excluding carboxylic acids is 1. The second kappa shape index (κ2) is 7.41. The number of likely N-dealkylation sites (N-methyl/N-ethyl adjacent to an activating group) is 1. The van der Waals surface area contributed by atoms with Crippen molar-refractivity contribution in [2.24, 2.45) is 5.92 Å². The summed E-state index contributed by atoms with van der Waals surface area (Å²) in [5, 5.41) is 2.93. The Morgan fingerprint density at radius 3 is 2.76 bits per heavy atom. The summed E-state index contributed by atoms with van der Waals surface area (Å²) in [6, 6.07) is 1.95. The van der Waals surface area contributed by atoms with E-state index >= 15 is 0 Å². The molecule has 1 aliphatic rings. The maximum atomic E-state index is 12.1. The summed E-state index contributed by atoms with van der Waals surface area (Å²) >= 11 is 0. The van der Waals surface area contributed by atoms with Gasteiger partial charge in [-0.25, -0.2) is 0 Å². The van der Waals surface area contributed by atoms with Crippen LogP contribution in [0.15, 0.2) is 18.5 Å². The van der Waals surface area contributed by atoms with Crippen molar-refractivity contribution in [3.63, 3.8) is 0 Å². The van der Waals surface area contributed by atoms with E-state index in [1.807, 2.05) is 31.3 Å². The molecular weight excluding hydrogens is 264 g/mol. The van der Waals surface area contributed by atoms with E-state index in [1.54, 1.807) is 6.20 Å². The highest BCUT2D eigenvalue weighted by molar-refractivity contribution is 5.94. The first-order valence-electron chi connectivity index (χ1n) is 7.69. The summed E-state index contributed by atoms with van der Waals surface area (Å²) in [6.07, 6.45) is 5.91. The van der Waals surface area contributed by atoms with Crippen LogP contribution in [-0.2, 0) is 0 Å². The zero-order valence-electron chi connectivity index (χ0n) is 13.3. The molecule has 1 fully saturated rings. The zero-order chi connectivity index (χ0) is 15.2. The van der Waals surface area contributed by atoms with Gasteiger partial charge in [-0.15, -0.1) is 0 Å². The van der Waals surface area contributed by atoms with E-state index in [0.29, 0.717) is 12.1 Å². The van der Waals surface area contributed by atoms with Gasteiger partial charge in [0.2, 0.25) is 0 Å². The summed E-state index contributed by atoms with van der Waals surface area (Å²) in [5.74, 6) is 0.753. The Morgan fingerprint density at radius 1 is 1.38 bits per heavy atom. The number of hydrogen-bond donors (Lipinski definition) is 1. The minimum Gasteiger partial charge on any atom is -0.370 e. The second-order valence-electron chi connectivity index (χ2n) is 6.16. The average Bonchev–Trinajstić information content (AvgIpc) is 2.47. The van der Waals surface area contributed by atoms with Crippen LogP contribution in [0.2, 0.25) is 0 Å². The van der Waals surface area contributed by atoms with E-state index in [9.17, 15) is 4.79 Å². The van der Waals surface area contributed by atoms with E-state index in [-0.39, 0.29) is 5.91 Å². The van der Waals surface area contributed by atoms with Crippen LogP contribution in [0.1, 0.15) is 30.1 Å². The molecule has 1 amide bonds. The van der Waals surface area contributed by atoms with Crippen LogP contribution in [0, 0.1) is 5.92 Å². The van der Waals surface area contributed by atoms with Crippen LogP contribution >= 0.6 is 0 Å². The third-order valence-corrected chi connectivity index (χ3v) is 3.98. The normalized spacial score (nSPS) is 16.3. The van der Waals surface area contributed by atoms with Crippen molar-refractivity contribution in [2.45, 2.75) is 19.8 Å². The predicted octanol–water partition coefficient (Wildman–Crippen LogP) is 1.61. The minimum absolute atomic E-state index is 0.0448. The fourth-order valence-corrected chi connectivity index (χ4v) is 2.49. The van der Waals surface area contributed by atoms with Crippen molar-refractivity contribution in [3.8, 4) is 0 Å². The molecule has 116 valence electrons. The van der Waals surface area contributed by atoms with Crippen molar-refractivity contribution < 1.29 is 4.79 Å². The van der Waals surface area contributed by atoms with Crippen molar-refractivity contribution in [1.82, 2.24) is 15.2 Å². The van der Waals surface area contributed by atoms with Crippen molar-refractivity contribution in [3.05, 3.63) is 24.0 Å². The molecule has 21 heavy (non-hydrogen) atoms. The number of carbonyl (C=O) groups is 1. The number of pyridine rings is 1. The number of amides is 1. The molecule has 1 saturated heterocycles. The lowest BCUT2D eigenvalue weighted by Gasteiger charge is -2.32. The topological polar surface area (TPSA) is 48.5 Å². The summed E-state index contributed by atoms with van der Waals surface area (Å²) in [6.45, 7) is 5.88. The van der Waals surface area contributed by atoms with E-state index in [2.05, 4.69) is 22.1 Å². The lowest BCUT2D eigenvalue weighted by Crippen LogP contribution is -2.34. The quantitative estimate of drug-likeness (QED) is 0.895. The van der Waals surface area contributed by atoms with E-state index < -0.39 is 0 Å². The van der Waals surface area contributed by atoms with Gasteiger partial charge in [-0.2, -0.15) is 0 Å². The summed E-state index contributed by atoms with van der Waals surface area (Å²) in [5.41, 5.74) is 1.70. The molecule has 1 N–H and O–H groups in total. The maximum absolute atomic E-state index is 12.1. The molecule has 1 aliphatic heterocycles. The van der Waals surface area contributed by atoms with Gasteiger partial charge in [0.05, 0.1) is 17.4 Å². The van der Waals surface area contributed by atoms with Gasteiger partial charge in [-0.3, -0.25) is 9.78 Å². The van der Waals surface area contributed by atoms with Crippen LogP contribution in [0.3, 0.4) is 0 Å². The minimum atomic E-state index is -0.0448. The van der Waals surface area contributed by atoms with Gasteiger partial charge in [0.25, 0.3) is 5.91 Å². The van der Waals surface area contributed by atoms with Crippen LogP contribution in [0.4, 0.5) is 5.69 Å². The van der Waals surface area contributed by atoms with Gasteiger partial charge in [-0.05, 0) is 38.9 Å². The molecule has 0 bridgehead atoms. The average molecular weight is 290 g/mol. The number of nitrogens with zero attached hydrogens (tertiary/aromatic N) is 3. The molecule has 0 aliphatic carbocycles. The van der Waals surface area contributed by atoms with Crippen molar-refractivity contribution in [1.29, 1.82) is 0 Å². The SMILES string of the molecule is CC1CCN(c2cncc(C(=O)NCCN(C)C)c2)CC1. The van der Waals surface area contributed by atoms with Crippen molar-refractivity contribution in [2.75, 3.05) is 45.2 Å². The summed E-state index contributed by atoms with van der Waals surface area (Å²) in [7, 11) is 3.98. The van der Waals surface area contributed by atoms with Gasteiger partial charge in [0, 0.05) is 32.4 Å². The van der Waals surface area contributed by atoms with E-state index in [4.69, 9.17) is 0 Å². The molecule has 0 atom stereocenters.